The predicted octanol–water partition coefficient (Wildman–Crippen LogP) is 2.75. The van der Waals surface area contributed by atoms with Gasteiger partial charge in [0.15, 0.2) is 0 Å². The number of benzene rings is 1. The lowest BCUT2D eigenvalue weighted by Crippen LogP contribution is -2.48. The molecule has 0 spiro atoms. The van der Waals surface area contributed by atoms with Crippen LogP contribution in [0.4, 0.5) is 5.69 Å². The van der Waals surface area contributed by atoms with E-state index in [2.05, 4.69) is 10.4 Å². The molecule has 0 radical (unpaired) electrons. The van der Waals surface area contributed by atoms with Crippen LogP contribution in [0.3, 0.4) is 0 Å². The molecule has 5 nitrogen and oxygen atoms in total. The molecule has 21 heavy (non-hydrogen) atoms. The van der Waals surface area contributed by atoms with Crippen LogP contribution in [0.2, 0.25) is 0 Å². The number of halogens is 1. The third-order valence-electron chi connectivity index (χ3n) is 3.16. The van der Waals surface area contributed by atoms with Crippen molar-refractivity contribution in [3.05, 3.63) is 42.7 Å². The molecule has 0 aliphatic heterocycles. The Morgan fingerprint density at radius 3 is 2.81 bits per heavy atom. The zero-order valence-electron chi connectivity index (χ0n) is 12.2. The van der Waals surface area contributed by atoms with Gasteiger partial charge in [0, 0.05) is 18.1 Å². The minimum Gasteiger partial charge on any atom is -0.324 e. The second-order valence-electron chi connectivity index (χ2n) is 5.12. The van der Waals surface area contributed by atoms with E-state index in [-0.39, 0.29) is 18.3 Å². The van der Waals surface area contributed by atoms with Gasteiger partial charge in [-0.15, -0.1) is 12.4 Å². The number of rotatable bonds is 5. The number of amides is 1. The zero-order valence-corrected chi connectivity index (χ0v) is 13.1. The number of nitrogens with zero attached hydrogens (tertiary/aromatic N) is 2. The van der Waals surface area contributed by atoms with Crippen LogP contribution in [0, 0.1) is 0 Å². The van der Waals surface area contributed by atoms with Gasteiger partial charge in [-0.25, -0.2) is 4.68 Å². The Kier molecular flexibility index (Phi) is 5.93. The Bertz CT molecular complexity index is 581. The molecule has 0 saturated heterocycles. The van der Waals surface area contributed by atoms with Crippen LogP contribution in [-0.4, -0.2) is 21.2 Å². The Morgan fingerprint density at radius 2 is 2.19 bits per heavy atom. The second kappa shape index (κ2) is 7.24. The van der Waals surface area contributed by atoms with Crippen LogP contribution in [0.25, 0.3) is 5.69 Å². The largest absolute Gasteiger partial charge is 0.324 e. The Labute approximate surface area is 130 Å². The highest BCUT2D eigenvalue weighted by Gasteiger charge is 2.27. The maximum Gasteiger partial charge on any atom is 0.244 e. The lowest BCUT2D eigenvalue weighted by atomic mass is 9.96. The normalized spacial score (nSPS) is 13.1. The number of hydrogen-bond acceptors (Lipinski definition) is 3. The molecule has 3 N–H and O–H groups in total. The molecule has 0 saturated carbocycles. The molecule has 0 aliphatic rings. The first kappa shape index (κ1) is 17.2. The topological polar surface area (TPSA) is 72.9 Å². The van der Waals surface area contributed by atoms with Crippen molar-refractivity contribution in [3.8, 4) is 5.69 Å². The van der Waals surface area contributed by atoms with Crippen molar-refractivity contribution in [3.63, 3.8) is 0 Å². The zero-order chi connectivity index (χ0) is 14.6. The van der Waals surface area contributed by atoms with Crippen LogP contribution in [0.1, 0.15) is 26.7 Å². The van der Waals surface area contributed by atoms with Crippen molar-refractivity contribution in [1.29, 1.82) is 0 Å². The Hall–Kier alpha value is -1.85. The molecule has 2 aromatic rings. The third kappa shape index (κ3) is 4.31. The van der Waals surface area contributed by atoms with Crippen LogP contribution < -0.4 is 11.1 Å². The van der Waals surface area contributed by atoms with Gasteiger partial charge in [0.25, 0.3) is 0 Å². The molecule has 6 heteroatoms. The van der Waals surface area contributed by atoms with Gasteiger partial charge in [0.1, 0.15) is 0 Å². The number of anilines is 1. The average Bonchev–Trinajstić information content (AvgIpc) is 2.93. The van der Waals surface area contributed by atoms with Crippen LogP contribution in [0.15, 0.2) is 42.7 Å². The molecule has 1 atom stereocenters. The van der Waals surface area contributed by atoms with E-state index in [9.17, 15) is 4.79 Å². The fourth-order valence-corrected chi connectivity index (χ4v) is 2.05. The number of hydrogen-bond donors (Lipinski definition) is 2. The predicted molar refractivity (Wildman–Crippen MR) is 86.9 cm³/mol. The van der Waals surface area contributed by atoms with Gasteiger partial charge in [-0.2, -0.15) is 5.10 Å². The fourth-order valence-electron chi connectivity index (χ4n) is 2.05. The van der Waals surface area contributed by atoms with Crippen LogP contribution >= 0.6 is 12.4 Å². The van der Waals surface area contributed by atoms with E-state index < -0.39 is 5.54 Å². The van der Waals surface area contributed by atoms with Crippen LogP contribution in [-0.2, 0) is 4.79 Å². The van der Waals surface area contributed by atoms with Gasteiger partial charge < -0.3 is 11.1 Å². The number of carbonyl (C=O) groups excluding carboxylic acids is 1. The highest BCUT2D eigenvalue weighted by Crippen LogP contribution is 2.17. The van der Waals surface area contributed by atoms with E-state index in [1.54, 1.807) is 17.8 Å². The molecule has 1 amide bonds. The highest BCUT2D eigenvalue weighted by molar-refractivity contribution is 5.97. The highest BCUT2D eigenvalue weighted by atomic mass is 35.5. The van der Waals surface area contributed by atoms with Gasteiger partial charge in [-0.05, 0) is 37.6 Å². The molecule has 1 aromatic heterocycles. The summed E-state index contributed by atoms with van der Waals surface area (Å²) in [5.41, 5.74) is 6.78. The maximum atomic E-state index is 12.2. The van der Waals surface area contributed by atoms with Crippen molar-refractivity contribution in [1.82, 2.24) is 9.78 Å². The summed E-state index contributed by atoms with van der Waals surface area (Å²) in [4.78, 5) is 12.2. The molecular formula is C15H21ClN4O. The van der Waals surface area contributed by atoms with Gasteiger partial charge in [-0.3, -0.25) is 4.79 Å². The SMILES string of the molecule is CCCC(C)(N)C(=O)Nc1cccc(-n2cccn2)c1.Cl. The van der Waals surface area contributed by atoms with E-state index in [1.165, 1.54) is 0 Å². The molecule has 1 aromatic carbocycles. The van der Waals surface area contributed by atoms with Crippen molar-refractivity contribution < 1.29 is 4.79 Å². The van der Waals surface area contributed by atoms with Gasteiger partial charge >= 0.3 is 0 Å². The monoisotopic (exact) mass is 308 g/mol. The molecule has 1 unspecified atom stereocenters. The van der Waals surface area contributed by atoms with Crippen molar-refractivity contribution in [2.75, 3.05) is 5.32 Å². The quantitative estimate of drug-likeness (QED) is 0.892. The van der Waals surface area contributed by atoms with Gasteiger partial charge in [-0.1, -0.05) is 19.4 Å². The fraction of sp³-hybridized carbons (Fsp3) is 0.333. The summed E-state index contributed by atoms with van der Waals surface area (Å²) >= 11 is 0. The first-order valence-corrected chi connectivity index (χ1v) is 6.73. The molecule has 1 heterocycles. The summed E-state index contributed by atoms with van der Waals surface area (Å²) in [5, 5.41) is 7.03. The summed E-state index contributed by atoms with van der Waals surface area (Å²) in [6.07, 6.45) is 5.08. The Morgan fingerprint density at radius 1 is 1.43 bits per heavy atom. The summed E-state index contributed by atoms with van der Waals surface area (Å²) in [6, 6.07) is 9.36. The lowest BCUT2D eigenvalue weighted by Gasteiger charge is -2.23. The summed E-state index contributed by atoms with van der Waals surface area (Å²) in [6.45, 7) is 3.76. The molecule has 114 valence electrons. The van der Waals surface area contributed by atoms with E-state index in [1.807, 2.05) is 43.5 Å². The molecule has 2 rings (SSSR count). The average molecular weight is 309 g/mol. The van der Waals surface area contributed by atoms with Gasteiger partial charge in [0.2, 0.25) is 5.91 Å². The summed E-state index contributed by atoms with van der Waals surface area (Å²) < 4.78 is 1.74. The number of nitrogens with two attached hydrogens (primary N) is 1. The third-order valence-corrected chi connectivity index (χ3v) is 3.16. The van der Waals surface area contributed by atoms with Crippen molar-refractivity contribution >= 4 is 24.0 Å². The van der Waals surface area contributed by atoms with Crippen molar-refractivity contribution in [2.45, 2.75) is 32.2 Å². The van der Waals surface area contributed by atoms with E-state index in [0.29, 0.717) is 6.42 Å². The minimum atomic E-state index is -0.851. The standard InChI is InChI=1S/C15H20N4O.ClH/c1-3-8-15(2,16)14(20)18-12-6-4-7-13(11-12)19-10-5-9-17-19;/h4-7,9-11H,3,8,16H2,1-2H3,(H,18,20);1H. The number of aromatic nitrogens is 2. The molecule has 0 bridgehead atoms. The van der Waals surface area contributed by atoms with E-state index in [0.717, 1.165) is 17.8 Å². The second-order valence-corrected chi connectivity index (χ2v) is 5.12. The number of carbonyl (C=O) groups is 1. The molecular weight excluding hydrogens is 288 g/mol. The number of nitrogens with one attached hydrogen (secondary N) is 1. The van der Waals surface area contributed by atoms with E-state index in [4.69, 9.17) is 5.73 Å². The Balaban J connectivity index is 0.00000220. The van der Waals surface area contributed by atoms with Crippen molar-refractivity contribution in [2.24, 2.45) is 5.73 Å². The summed E-state index contributed by atoms with van der Waals surface area (Å²) in [5.74, 6) is -0.169. The van der Waals surface area contributed by atoms with Gasteiger partial charge in [0.05, 0.1) is 11.2 Å². The minimum absolute atomic E-state index is 0. The van der Waals surface area contributed by atoms with Crippen LogP contribution in [0.5, 0.6) is 0 Å². The first-order valence-electron chi connectivity index (χ1n) is 6.73. The van der Waals surface area contributed by atoms with E-state index >= 15 is 0 Å². The first-order chi connectivity index (χ1) is 9.53. The molecule has 0 fully saturated rings. The summed E-state index contributed by atoms with van der Waals surface area (Å²) in [7, 11) is 0. The molecule has 0 aliphatic carbocycles. The maximum absolute atomic E-state index is 12.2. The lowest BCUT2D eigenvalue weighted by molar-refractivity contribution is -0.120. The smallest absolute Gasteiger partial charge is 0.244 e.